The fourth-order valence-corrected chi connectivity index (χ4v) is 3.01. The molecule has 1 unspecified atom stereocenters. The molecule has 25 heavy (non-hydrogen) atoms. The van der Waals surface area contributed by atoms with E-state index in [9.17, 15) is 0 Å². The molecule has 0 spiro atoms. The maximum Gasteiger partial charge on any atom is 0.191 e. The van der Waals surface area contributed by atoms with Gasteiger partial charge in [0.2, 0.25) is 0 Å². The number of rotatable bonds is 9. The van der Waals surface area contributed by atoms with Crippen molar-refractivity contribution in [3.05, 3.63) is 0 Å². The molecule has 0 saturated carbocycles. The first kappa shape index (κ1) is 22.9. The predicted octanol–water partition coefficient (Wildman–Crippen LogP) is 1.41. The Morgan fingerprint density at radius 1 is 1.20 bits per heavy atom. The van der Waals surface area contributed by atoms with Gasteiger partial charge in [-0.2, -0.15) is 0 Å². The molecule has 2 saturated heterocycles. The molecule has 2 fully saturated rings. The molecule has 2 N–H and O–H groups in total. The number of aliphatic imine (C=N–C) groups is 1. The van der Waals surface area contributed by atoms with Crippen LogP contribution >= 0.6 is 24.0 Å². The van der Waals surface area contributed by atoms with Gasteiger partial charge in [0.25, 0.3) is 0 Å². The third kappa shape index (κ3) is 8.38. The first-order valence-corrected chi connectivity index (χ1v) is 9.01. The lowest BCUT2D eigenvalue weighted by Crippen LogP contribution is -2.50. The van der Waals surface area contributed by atoms with Gasteiger partial charge in [-0.25, -0.2) is 0 Å². The molecule has 0 aromatic carbocycles. The highest BCUT2D eigenvalue weighted by atomic mass is 127. The number of hydrogen-bond acceptors (Lipinski definition) is 5. The zero-order valence-electron chi connectivity index (χ0n) is 15.6. The second-order valence-corrected chi connectivity index (χ2v) is 6.51. The maximum absolute atomic E-state index is 5.72. The topological polar surface area (TPSA) is 73.3 Å². The molecule has 0 bridgehead atoms. The first-order chi connectivity index (χ1) is 11.8. The van der Waals surface area contributed by atoms with Gasteiger partial charge in [-0.1, -0.05) is 0 Å². The molecule has 0 aliphatic carbocycles. The smallest absolute Gasteiger partial charge is 0.191 e. The highest BCUT2D eigenvalue weighted by molar-refractivity contribution is 14.0. The van der Waals surface area contributed by atoms with Crippen LogP contribution in [0.3, 0.4) is 0 Å². The molecule has 2 heterocycles. The van der Waals surface area contributed by atoms with Crippen LogP contribution < -0.4 is 10.6 Å². The van der Waals surface area contributed by atoms with Gasteiger partial charge >= 0.3 is 0 Å². The summed E-state index contributed by atoms with van der Waals surface area (Å²) in [4.78, 5) is 4.27. The summed E-state index contributed by atoms with van der Waals surface area (Å²) in [6, 6.07) is 0. The van der Waals surface area contributed by atoms with Crippen molar-refractivity contribution in [2.75, 3.05) is 66.9 Å². The van der Waals surface area contributed by atoms with Gasteiger partial charge in [-0.3, -0.25) is 4.99 Å². The molecule has 2 aliphatic heterocycles. The Bertz CT molecular complexity index is 373. The Kier molecular flexibility index (Phi) is 12.0. The average molecular weight is 471 g/mol. The van der Waals surface area contributed by atoms with Crippen LogP contribution in [0.2, 0.25) is 0 Å². The van der Waals surface area contributed by atoms with Crippen molar-refractivity contribution in [1.29, 1.82) is 0 Å². The molecule has 7 nitrogen and oxygen atoms in total. The minimum Gasteiger partial charge on any atom is -0.381 e. The Morgan fingerprint density at radius 2 is 2.00 bits per heavy atom. The summed E-state index contributed by atoms with van der Waals surface area (Å²) in [5, 5.41) is 6.69. The molecule has 8 heteroatoms. The highest BCUT2D eigenvalue weighted by Crippen LogP contribution is 2.23. The Hall–Kier alpha value is -0.160. The number of methoxy groups -OCH3 is 1. The van der Waals surface area contributed by atoms with E-state index in [4.69, 9.17) is 18.9 Å². The maximum atomic E-state index is 5.72. The molecule has 2 aliphatic rings. The molecule has 0 aromatic rings. The summed E-state index contributed by atoms with van der Waals surface area (Å²) in [5.41, 5.74) is -0.150. The number of hydrogen-bond donors (Lipinski definition) is 2. The second kappa shape index (κ2) is 13.1. The van der Waals surface area contributed by atoms with E-state index >= 15 is 0 Å². The van der Waals surface area contributed by atoms with Gasteiger partial charge in [0, 0.05) is 72.4 Å². The van der Waals surface area contributed by atoms with Crippen LogP contribution in [0.1, 0.15) is 25.7 Å². The first-order valence-electron chi connectivity index (χ1n) is 9.01. The fourth-order valence-electron chi connectivity index (χ4n) is 3.01. The molecule has 0 radical (unpaired) electrons. The van der Waals surface area contributed by atoms with Gasteiger partial charge < -0.3 is 29.6 Å². The van der Waals surface area contributed by atoms with E-state index in [2.05, 4.69) is 15.6 Å². The molecule has 148 valence electrons. The number of nitrogens with zero attached hydrogens (tertiary/aromatic N) is 1. The highest BCUT2D eigenvalue weighted by Gasteiger charge is 2.32. The standard InChI is InChI=1S/C17H33N3O4.HI/c1-18-16(20-14-17(21-2)5-10-22-11-6-17)19-7-3-8-23-12-15-4-9-24-13-15;/h15H,3-14H2,1-2H3,(H2,18,19,20);1H. The van der Waals surface area contributed by atoms with Crippen molar-refractivity contribution in [3.63, 3.8) is 0 Å². The number of halogens is 1. The second-order valence-electron chi connectivity index (χ2n) is 6.51. The van der Waals surface area contributed by atoms with E-state index in [-0.39, 0.29) is 29.6 Å². The summed E-state index contributed by atoms with van der Waals surface area (Å²) in [7, 11) is 3.56. The third-order valence-corrected chi connectivity index (χ3v) is 4.77. The monoisotopic (exact) mass is 471 g/mol. The van der Waals surface area contributed by atoms with Crippen LogP contribution in [0, 0.1) is 5.92 Å². The molecule has 2 rings (SSSR count). The van der Waals surface area contributed by atoms with Crippen LogP contribution in [0.15, 0.2) is 4.99 Å². The van der Waals surface area contributed by atoms with Crippen molar-refractivity contribution in [1.82, 2.24) is 10.6 Å². The van der Waals surface area contributed by atoms with E-state index in [1.54, 1.807) is 14.2 Å². The van der Waals surface area contributed by atoms with Crippen molar-refractivity contribution in [2.24, 2.45) is 10.9 Å². The van der Waals surface area contributed by atoms with Gasteiger partial charge in [0.05, 0.1) is 18.8 Å². The summed E-state index contributed by atoms with van der Waals surface area (Å²) < 4.78 is 22.2. The SMILES string of the molecule is CN=C(NCCCOCC1CCOC1)NCC1(OC)CCOCC1.I. The minimum atomic E-state index is -0.150. The predicted molar refractivity (Wildman–Crippen MR) is 109 cm³/mol. The number of guanidine groups is 1. The third-order valence-electron chi connectivity index (χ3n) is 4.77. The van der Waals surface area contributed by atoms with Crippen molar-refractivity contribution in [3.8, 4) is 0 Å². The normalized spacial score (nSPS) is 23.1. The van der Waals surface area contributed by atoms with Gasteiger partial charge in [0.15, 0.2) is 5.96 Å². The van der Waals surface area contributed by atoms with Crippen molar-refractivity contribution in [2.45, 2.75) is 31.3 Å². The molecule has 0 aromatic heterocycles. The van der Waals surface area contributed by atoms with E-state index in [1.165, 1.54) is 0 Å². The summed E-state index contributed by atoms with van der Waals surface area (Å²) >= 11 is 0. The zero-order valence-corrected chi connectivity index (χ0v) is 17.9. The Labute approximate surface area is 168 Å². The van der Waals surface area contributed by atoms with E-state index < -0.39 is 0 Å². The van der Waals surface area contributed by atoms with E-state index in [0.29, 0.717) is 5.92 Å². The summed E-state index contributed by atoms with van der Waals surface area (Å²) in [6.45, 7) is 6.39. The number of ether oxygens (including phenoxy) is 4. The van der Waals surface area contributed by atoms with Crippen LogP contribution in [-0.2, 0) is 18.9 Å². The summed E-state index contributed by atoms with van der Waals surface area (Å²) in [5.74, 6) is 1.39. The van der Waals surface area contributed by atoms with Gasteiger partial charge in [-0.15, -0.1) is 24.0 Å². The van der Waals surface area contributed by atoms with Gasteiger partial charge in [-0.05, 0) is 12.8 Å². The van der Waals surface area contributed by atoms with E-state index in [1.807, 2.05) is 0 Å². The zero-order chi connectivity index (χ0) is 17.1. The van der Waals surface area contributed by atoms with Crippen LogP contribution in [0.5, 0.6) is 0 Å². The van der Waals surface area contributed by atoms with Crippen molar-refractivity contribution < 1.29 is 18.9 Å². The number of nitrogens with one attached hydrogen (secondary N) is 2. The molecule has 0 amide bonds. The average Bonchev–Trinajstić information content (AvgIpc) is 3.14. The lowest BCUT2D eigenvalue weighted by atomic mass is 9.94. The van der Waals surface area contributed by atoms with Crippen LogP contribution in [0.25, 0.3) is 0 Å². The summed E-state index contributed by atoms with van der Waals surface area (Å²) in [6.07, 6.45) is 3.90. The van der Waals surface area contributed by atoms with Crippen LogP contribution in [-0.4, -0.2) is 78.4 Å². The quantitative estimate of drug-likeness (QED) is 0.229. The molecule has 1 atom stereocenters. The fraction of sp³-hybridized carbons (Fsp3) is 0.941. The van der Waals surface area contributed by atoms with Crippen LogP contribution in [0.4, 0.5) is 0 Å². The van der Waals surface area contributed by atoms with E-state index in [0.717, 1.165) is 84.4 Å². The lowest BCUT2D eigenvalue weighted by Gasteiger charge is -2.36. The Morgan fingerprint density at radius 3 is 2.64 bits per heavy atom. The molecular formula is C17H34IN3O4. The molecular weight excluding hydrogens is 437 g/mol. The lowest BCUT2D eigenvalue weighted by molar-refractivity contribution is -0.0855. The Balaban J connectivity index is 0.00000312. The van der Waals surface area contributed by atoms with Gasteiger partial charge in [0.1, 0.15) is 0 Å². The minimum absolute atomic E-state index is 0. The largest absolute Gasteiger partial charge is 0.381 e. The van der Waals surface area contributed by atoms with Crippen molar-refractivity contribution >= 4 is 29.9 Å².